The Balaban J connectivity index is 2.35. The molecule has 21 heavy (non-hydrogen) atoms. The first kappa shape index (κ1) is 15.6. The van der Waals surface area contributed by atoms with E-state index in [-0.39, 0.29) is 22.8 Å². The highest BCUT2D eigenvalue weighted by atomic mass is 16.6. The van der Waals surface area contributed by atoms with Crippen molar-refractivity contribution in [3.05, 3.63) is 28.3 Å². The van der Waals surface area contributed by atoms with E-state index in [9.17, 15) is 10.1 Å². The van der Waals surface area contributed by atoms with Gasteiger partial charge in [-0.2, -0.15) is 0 Å². The molecule has 0 radical (unpaired) electrons. The predicted octanol–water partition coefficient (Wildman–Crippen LogP) is 3.03. The molecule has 1 aliphatic heterocycles. The summed E-state index contributed by atoms with van der Waals surface area (Å²) in [5, 5.41) is 14.7. The van der Waals surface area contributed by atoms with Crippen LogP contribution in [0.2, 0.25) is 0 Å². The lowest BCUT2D eigenvalue weighted by Crippen LogP contribution is -2.37. The molecule has 2 atom stereocenters. The molecule has 116 valence electrons. The van der Waals surface area contributed by atoms with Gasteiger partial charge in [-0.3, -0.25) is 10.1 Å². The van der Waals surface area contributed by atoms with Crippen molar-refractivity contribution in [1.29, 1.82) is 0 Å². The number of para-hydroxylation sites is 1. The number of anilines is 2. The highest BCUT2D eigenvalue weighted by Crippen LogP contribution is 2.37. The number of hydrogen-bond donors (Lipinski definition) is 1. The molecule has 1 aromatic carbocycles. The molecule has 1 saturated heterocycles. The molecule has 6 nitrogen and oxygen atoms in total. The first-order chi connectivity index (χ1) is 10.1. The second kappa shape index (κ2) is 6.76. The van der Waals surface area contributed by atoms with E-state index in [1.165, 1.54) is 0 Å². The Labute approximate surface area is 125 Å². The summed E-state index contributed by atoms with van der Waals surface area (Å²) in [7, 11) is 1.90. The number of nitrogens with zero attached hydrogens (tertiary/aromatic N) is 2. The summed E-state index contributed by atoms with van der Waals surface area (Å²) in [6, 6.07) is 5.60. The van der Waals surface area contributed by atoms with Crippen LogP contribution in [0.15, 0.2) is 18.2 Å². The van der Waals surface area contributed by atoms with Gasteiger partial charge in [0.25, 0.3) is 0 Å². The Hall–Kier alpha value is -1.82. The average molecular weight is 293 g/mol. The van der Waals surface area contributed by atoms with Gasteiger partial charge in [-0.25, -0.2) is 0 Å². The Bertz CT molecular complexity index is 507. The number of nitro groups is 1. The maximum absolute atomic E-state index is 11.5. The molecule has 0 bridgehead atoms. The van der Waals surface area contributed by atoms with E-state index < -0.39 is 0 Å². The van der Waals surface area contributed by atoms with Crippen molar-refractivity contribution in [3.8, 4) is 0 Å². The highest BCUT2D eigenvalue weighted by Gasteiger charge is 2.32. The maximum Gasteiger partial charge on any atom is 0.315 e. The van der Waals surface area contributed by atoms with E-state index in [0.717, 1.165) is 19.4 Å². The molecule has 1 aromatic rings. The van der Waals surface area contributed by atoms with Crippen LogP contribution in [0, 0.1) is 10.1 Å². The standard InChI is InChI=1S/C15H23N3O3/c1-4-9-16-12-6-5-7-14(15(12)18(19)20)17(3)13-8-10-21-11(13)2/h5-7,11,13,16H,4,8-10H2,1-3H3. The topological polar surface area (TPSA) is 67.6 Å². The minimum absolute atomic E-state index is 0.0851. The van der Waals surface area contributed by atoms with Gasteiger partial charge in [-0.15, -0.1) is 0 Å². The van der Waals surface area contributed by atoms with E-state index in [4.69, 9.17) is 4.74 Å². The van der Waals surface area contributed by atoms with Crippen molar-refractivity contribution >= 4 is 17.1 Å². The van der Waals surface area contributed by atoms with Crippen LogP contribution in [0.1, 0.15) is 26.7 Å². The van der Waals surface area contributed by atoms with Crippen molar-refractivity contribution in [2.45, 2.75) is 38.8 Å². The molecule has 0 aromatic heterocycles. The molecule has 0 saturated carbocycles. The van der Waals surface area contributed by atoms with Gasteiger partial charge in [0.15, 0.2) is 0 Å². The number of hydrogen-bond acceptors (Lipinski definition) is 5. The van der Waals surface area contributed by atoms with Crippen molar-refractivity contribution in [2.24, 2.45) is 0 Å². The second-order valence-corrected chi connectivity index (χ2v) is 5.40. The van der Waals surface area contributed by atoms with E-state index in [2.05, 4.69) is 5.32 Å². The predicted molar refractivity (Wildman–Crippen MR) is 84.1 cm³/mol. The molecule has 2 rings (SSSR count). The molecule has 0 aliphatic carbocycles. The van der Waals surface area contributed by atoms with Crippen LogP contribution in [-0.2, 0) is 4.74 Å². The summed E-state index contributed by atoms with van der Waals surface area (Å²) >= 11 is 0. The Morgan fingerprint density at radius 3 is 2.86 bits per heavy atom. The minimum atomic E-state index is -0.301. The lowest BCUT2D eigenvalue weighted by molar-refractivity contribution is -0.383. The molecule has 1 aliphatic rings. The summed E-state index contributed by atoms with van der Waals surface area (Å²) in [6.07, 6.45) is 1.90. The first-order valence-electron chi connectivity index (χ1n) is 7.42. The molecular formula is C15H23N3O3. The molecule has 2 unspecified atom stereocenters. The van der Waals surface area contributed by atoms with E-state index in [1.54, 1.807) is 12.1 Å². The van der Waals surface area contributed by atoms with Gasteiger partial charge in [0.2, 0.25) is 0 Å². The molecule has 1 heterocycles. The molecular weight excluding hydrogens is 270 g/mol. The summed E-state index contributed by atoms with van der Waals surface area (Å²) in [5.74, 6) is 0. The van der Waals surface area contributed by atoms with Crippen molar-refractivity contribution in [1.82, 2.24) is 0 Å². The van der Waals surface area contributed by atoms with Crippen LogP contribution >= 0.6 is 0 Å². The van der Waals surface area contributed by atoms with Gasteiger partial charge in [0.05, 0.1) is 17.1 Å². The normalized spacial score (nSPS) is 21.3. The van der Waals surface area contributed by atoms with E-state index >= 15 is 0 Å². The smallest absolute Gasteiger partial charge is 0.315 e. The van der Waals surface area contributed by atoms with Crippen LogP contribution in [0.4, 0.5) is 17.1 Å². The number of nitro benzene ring substituents is 1. The fraction of sp³-hybridized carbons (Fsp3) is 0.600. The van der Waals surface area contributed by atoms with E-state index in [1.807, 2.05) is 31.9 Å². The van der Waals surface area contributed by atoms with E-state index in [0.29, 0.717) is 18.0 Å². The third-order valence-electron chi connectivity index (χ3n) is 3.98. The lowest BCUT2D eigenvalue weighted by atomic mass is 10.1. The summed E-state index contributed by atoms with van der Waals surface area (Å²) in [4.78, 5) is 13.2. The zero-order valence-electron chi connectivity index (χ0n) is 12.8. The molecule has 0 spiro atoms. The van der Waals surface area contributed by atoms with Crippen molar-refractivity contribution in [3.63, 3.8) is 0 Å². The van der Waals surface area contributed by atoms with Crippen LogP contribution < -0.4 is 10.2 Å². The number of benzene rings is 1. The number of nitrogens with one attached hydrogen (secondary N) is 1. The molecule has 0 amide bonds. The van der Waals surface area contributed by atoms with Gasteiger partial charge < -0.3 is 15.0 Å². The lowest BCUT2D eigenvalue weighted by Gasteiger charge is -2.28. The van der Waals surface area contributed by atoms with Crippen molar-refractivity contribution in [2.75, 3.05) is 30.4 Å². The fourth-order valence-electron chi connectivity index (χ4n) is 2.82. The largest absolute Gasteiger partial charge is 0.379 e. The SMILES string of the molecule is CCCNc1cccc(N(C)C2CCOC2C)c1[N+](=O)[O-]. The van der Waals surface area contributed by atoms with Crippen LogP contribution in [0.25, 0.3) is 0 Å². The fourth-order valence-corrected chi connectivity index (χ4v) is 2.82. The Morgan fingerprint density at radius 2 is 2.29 bits per heavy atom. The van der Waals surface area contributed by atoms with Gasteiger partial charge in [0, 0.05) is 20.2 Å². The van der Waals surface area contributed by atoms with Gasteiger partial charge in [-0.05, 0) is 31.9 Å². The summed E-state index contributed by atoms with van der Waals surface area (Å²) < 4.78 is 5.58. The van der Waals surface area contributed by atoms with Gasteiger partial charge >= 0.3 is 5.69 Å². The van der Waals surface area contributed by atoms with Crippen LogP contribution in [-0.4, -0.2) is 37.3 Å². The number of ether oxygens (including phenoxy) is 1. The third kappa shape index (κ3) is 3.26. The Kier molecular flexibility index (Phi) is 5.01. The minimum Gasteiger partial charge on any atom is -0.379 e. The monoisotopic (exact) mass is 293 g/mol. The zero-order chi connectivity index (χ0) is 15.4. The Morgan fingerprint density at radius 1 is 1.52 bits per heavy atom. The molecule has 1 fully saturated rings. The van der Waals surface area contributed by atoms with Gasteiger partial charge in [0.1, 0.15) is 11.4 Å². The summed E-state index contributed by atoms with van der Waals surface area (Å²) in [6.45, 7) is 5.47. The second-order valence-electron chi connectivity index (χ2n) is 5.40. The first-order valence-corrected chi connectivity index (χ1v) is 7.42. The summed E-state index contributed by atoms with van der Waals surface area (Å²) in [5.41, 5.74) is 1.37. The van der Waals surface area contributed by atoms with Gasteiger partial charge in [-0.1, -0.05) is 13.0 Å². The number of likely N-dealkylation sites (N-methyl/N-ethyl adjacent to an activating group) is 1. The van der Waals surface area contributed by atoms with Crippen LogP contribution in [0.5, 0.6) is 0 Å². The maximum atomic E-state index is 11.5. The molecule has 6 heteroatoms. The van der Waals surface area contributed by atoms with Crippen molar-refractivity contribution < 1.29 is 9.66 Å². The zero-order valence-corrected chi connectivity index (χ0v) is 12.8. The molecule has 1 N–H and O–H groups in total. The third-order valence-corrected chi connectivity index (χ3v) is 3.98. The quantitative estimate of drug-likeness (QED) is 0.645. The highest BCUT2D eigenvalue weighted by molar-refractivity contribution is 5.77. The number of rotatable bonds is 6. The van der Waals surface area contributed by atoms with Crippen LogP contribution in [0.3, 0.4) is 0 Å². The average Bonchev–Trinajstić information content (AvgIpc) is 2.89.